The third-order valence-electron chi connectivity index (χ3n) is 4.37. The molecule has 0 fully saturated rings. The molecule has 3 aromatic rings. The van der Waals surface area contributed by atoms with Gasteiger partial charge in [-0.2, -0.15) is 4.99 Å². The predicted molar refractivity (Wildman–Crippen MR) is 120 cm³/mol. The molecule has 0 aliphatic heterocycles. The minimum absolute atomic E-state index is 0.298. The Labute approximate surface area is 183 Å². The maximum absolute atomic E-state index is 12.8. The van der Waals surface area contributed by atoms with Gasteiger partial charge in [0.1, 0.15) is 0 Å². The molecule has 2 aromatic carbocycles. The molecule has 0 saturated heterocycles. The maximum Gasteiger partial charge on any atom is 0.338 e. The van der Waals surface area contributed by atoms with Crippen LogP contribution in [0.5, 0.6) is 0 Å². The Balaban J connectivity index is 2.05. The zero-order valence-electron chi connectivity index (χ0n) is 17.2. The second kappa shape index (κ2) is 10.6. The smallest absolute Gasteiger partial charge is 0.338 e. The van der Waals surface area contributed by atoms with E-state index in [1.807, 2.05) is 42.0 Å². The fourth-order valence-corrected chi connectivity index (χ4v) is 4.48. The molecule has 8 heteroatoms. The van der Waals surface area contributed by atoms with Crippen LogP contribution in [0, 0.1) is 0 Å². The van der Waals surface area contributed by atoms with E-state index in [9.17, 15) is 9.59 Å². The number of benzene rings is 2. The monoisotopic (exact) mass is 444 g/mol. The van der Waals surface area contributed by atoms with E-state index in [1.54, 1.807) is 36.9 Å². The number of thioether (sulfide) groups is 1. The minimum Gasteiger partial charge on any atom is -0.462 e. The molecule has 1 amide bonds. The molecule has 0 unspecified atom stereocenters. The van der Waals surface area contributed by atoms with Gasteiger partial charge in [-0.05, 0) is 56.5 Å². The van der Waals surface area contributed by atoms with Gasteiger partial charge >= 0.3 is 5.97 Å². The number of aromatic nitrogens is 1. The first-order valence-electron chi connectivity index (χ1n) is 9.68. The van der Waals surface area contributed by atoms with Gasteiger partial charge in [0.05, 0.1) is 29.0 Å². The molecule has 0 spiro atoms. The number of hydrogen-bond acceptors (Lipinski definition) is 6. The first kappa shape index (κ1) is 22.3. The molecular weight excluding hydrogens is 420 g/mol. The summed E-state index contributed by atoms with van der Waals surface area (Å²) < 4.78 is 13.4. The number of nitrogens with zero attached hydrogens (tertiary/aromatic N) is 2. The van der Waals surface area contributed by atoms with Gasteiger partial charge in [-0.25, -0.2) is 4.79 Å². The molecule has 6 nitrogen and oxygen atoms in total. The number of carbonyl (C=O) groups is 2. The fraction of sp³-hybridized carbons (Fsp3) is 0.318. The van der Waals surface area contributed by atoms with Crippen molar-refractivity contribution in [1.82, 2.24) is 4.57 Å². The summed E-state index contributed by atoms with van der Waals surface area (Å²) in [5, 5.41) is 0. The van der Waals surface area contributed by atoms with Crippen LogP contribution in [0.2, 0.25) is 0 Å². The fourth-order valence-electron chi connectivity index (χ4n) is 2.92. The Bertz CT molecular complexity index is 1120. The highest BCUT2D eigenvalue weighted by Gasteiger charge is 2.13. The van der Waals surface area contributed by atoms with Gasteiger partial charge < -0.3 is 14.0 Å². The SMILES string of the molecule is CCOCCn1c(=NC(=O)c2cccc(SC)c2)sc2cc(C(=O)OCC)ccc21. The number of ether oxygens (including phenoxy) is 2. The summed E-state index contributed by atoms with van der Waals surface area (Å²) in [7, 11) is 0. The maximum atomic E-state index is 12.8. The largest absolute Gasteiger partial charge is 0.462 e. The third kappa shape index (κ3) is 5.19. The highest BCUT2D eigenvalue weighted by atomic mass is 32.2. The Morgan fingerprint density at radius 2 is 1.93 bits per heavy atom. The lowest BCUT2D eigenvalue weighted by Crippen LogP contribution is -2.19. The highest BCUT2D eigenvalue weighted by molar-refractivity contribution is 7.98. The van der Waals surface area contributed by atoms with E-state index in [0.29, 0.717) is 42.3 Å². The first-order valence-corrected chi connectivity index (χ1v) is 11.7. The summed E-state index contributed by atoms with van der Waals surface area (Å²) in [6, 6.07) is 12.8. The Morgan fingerprint density at radius 3 is 2.67 bits per heavy atom. The van der Waals surface area contributed by atoms with E-state index in [0.717, 1.165) is 15.1 Å². The van der Waals surface area contributed by atoms with E-state index < -0.39 is 0 Å². The Hall–Kier alpha value is -2.42. The number of hydrogen-bond donors (Lipinski definition) is 0. The second-order valence-electron chi connectivity index (χ2n) is 6.29. The number of carbonyl (C=O) groups excluding carboxylic acids is 2. The van der Waals surface area contributed by atoms with E-state index in [-0.39, 0.29) is 11.9 Å². The third-order valence-corrected chi connectivity index (χ3v) is 6.14. The van der Waals surface area contributed by atoms with Crippen molar-refractivity contribution in [3.63, 3.8) is 0 Å². The molecule has 3 rings (SSSR count). The minimum atomic E-state index is -0.364. The van der Waals surface area contributed by atoms with Gasteiger partial charge in [-0.1, -0.05) is 17.4 Å². The zero-order valence-corrected chi connectivity index (χ0v) is 18.8. The highest BCUT2D eigenvalue weighted by Crippen LogP contribution is 2.21. The molecule has 30 heavy (non-hydrogen) atoms. The molecule has 0 atom stereocenters. The predicted octanol–water partition coefficient (Wildman–Crippen LogP) is 4.38. The number of thiazole rings is 1. The van der Waals surface area contributed by atoms with Gasteiger partial charge in [-0.3, -0.25) is 4.79 Å². The Kier molecular flexibility index (Phi) is 7.84. The quantitative estimate of drug-likeness (QED) is 0.293. The molecule has 0 N–H and O–H groups in total. The van der Waals surface area contributed by atoms with Crippen LogP contribution in [-0.2, 0) is 16.0 Å². The van der Waals surface area contributed by atoms with Crippen molar-refractivity contribution in [2.75, 3.05) is 26.1 Å². The molecule has 0 aliphatic carbocycles. The average molecular weight is 445 g/mol. The van der Waals surface area contributed by atoms with Crippen molar-refractivity contribution in [3.05, 3.63) is 58.4 Å². The van der Waals surface area contributed by atoms with Crippen LogP contribution in [0.15, 0.2) is 52.4 Å². The normalized spacial score (nSPS) is 11.8. The number of esters is 1. The average Bonchev–Trinajstić information content (AvgIpc) is 3.10. The lowest BCUT2D eigenvalue weighted by atomic mass is 10.2. The molecule has 0 saturated carbocycles. The molecule has 1 heterocycles. The van der Waals surface area contributed by atoms with Crippen molar-refractivity contribution >= 4 is 45.2 Å². The summed E-state index contributed by atoms with van der Waals surface area (Å²) in [5.41, 5.74) is 1.92. The molecule has 0 bridgehead atoms. The molecule has 0 aliphatic rings. The molecule has 158 valence electrons. The van der Waals surface area contributed by atoms with Gasteiger partial charge in [0.15, 0.2) is 4.80 Å². The summed E-state index contributed by atoms with van der Waals surface area (Å²) in [4.78, 5) is 30.9. The van der Waals surface area contributed by atoms with Crippen molar-refractivity contribution in [1.29, 1.82) is 0 Å². The van der Waals surface area contributed by atoms with Gasteiger partial charge in [0.2, 0.25) is 0 Å². The van der Waals surface area contributed by atoms with E-state index in [2.05, 4.69) is 4.99 Å². The lowest BCUT2D eigenvalue weighted by molar-refractivity contribution is 0.0526. The van der Waals surface area contributed by atoms with Gasteiger partial charge in [0, 0.05) is 23.6 Å². The van der Waals surface area contributed by atoms with E-state index in [4.69, 9.17) is 9.47 Å². The summed E-state index contributed by atoms with van der Waals surface area (Å²) in [6.45, 7) is 5.71. The summed E-state index contributed by atoms with van der Waals surface area (Å²) in [5.74, 6) is -0.662. The van der Waals surface area contributed by atoms with Crippen LogP contribution < -0.4 is 4.80 Å². The zero-order chi connectivity index (χ0) is 21.5. The topological polar surface area (TPSA) is 69.9 Å². The van der Waals surface area contributed by atoms with Crippen LogP contribution >= 0.6 is 23.1 Å². The second-order valence-corrected chi connectivity index (χ2v) is 8.17. The van der Waals surface area contributed by atoms with Gasteiger partial charge in [0.25, 0.3) is 5.91 Å². The van der Waals surface area contributed by atoms with E-state index in [1.165, 1.54) is 11.3 Å². The standard InChI is InChI=1S/C22H24N2O4S2/c1-4-27-12-11-24-18-10-9-16(21(26)28-5-2)14-19(18)30-22(24)23-20(25)15-7-6-8-17(13-15)29-3/h6-10,13-14H,4-5,11-12H2,1-3H3. The first-order chi connectivity index (χ1) is 14.6. The van der Waals surface area contributed by atoms with Crippen LogP contribution in [0.1, 0.15) is 34.6 Å². The van der Waals surface area contributed by atoms with Crippen LogP contribution in [0.3, 0.4) is 0 Å². The van der Waals surface area contributed by atoms with Crippen LogP contribution in [0.4, 0.5) is 0 Å². The lowest BCUT2D eigenvalue weighted by Gasteiger charge is -2.06. The number of amides is 1. The van der Waals surface area contributed by atoms with Gasteiger partial charge in [-0.15, -0.1) is 11.8 Å². The van der Waals surface area contributed by atoms with Crippen molar-refractivity contribution in [3.8, 4) is 0 Å². The Morgan fingerprint density at radius 1 is 1.10 bits per heavy atom. The summed E-state index contributed by atoms with van der Waals surface area (Å²) >= 11 is 2.95. The molecule has 1 aromatic heterocycles. The van der Waals surface area contributed by atoms with Crippen molar-refractivity contribution in [2.24, 2.45) is 4.99 Å². The van der Waals surface area contributed by atoms with Crippen LogP contribution in [0.25, 0.3) is 10.2 Å². The van der Waals surface area contributed by atoms with Crippen molar-refractivity contribution in [2.45, 2.75) is 25.3 Å². The van der Waals surface area contributed by atoms with E-state index >= 15 is 0 Å². The van der Waals surface area contributed by atoms with Crippen LogP contribution in [-0.4, -0.2) is 42.5 Å². The summed E-state index contributed by atoms with van der Waals surface area (Å²) in [6.07, 6.45) is 1.97. The molecular formula is C22H24N2O4S2. The number of rotatable bonds is 8. The number of fused-ring (bicyclic) bond motifs is 1. The van der Waals surface area contributed by atoms with Crippen molar-refractivity contribution < 1.29 is 19.1 Å². The molecule has 0 radical (unpaired) electrons.